The second kappa shape index (κ2) is 6.13. The van der Waals surface area contributed by atoms with E-state index in [1.165, 1.54) is 37.0 Å². The molecule has 1 saturated carbocycles. The van der Waals surface area contributed by atoms with Crippen molar-refractivity contribution in [2.24, 2.45) is 5.92 Å². The van der Waals surface area contributed by atoms with Crippen LogP contribution in [0.15, 0.2) is 0 Å². The second-order valence-electron chi connectivity index (χ2n) is 5.11. The van der Waals surface area contributed by atoms with Gasteiger partial charge in [-0.2, -0.15) is 0 Å². The van der Waals surface area contributed by atoms with Gasteiger partial charge in [0.15, 0.2) is 0 Å². The summed E-state index contributed by atoms with van der Waals surface area (Å²) in [7, 11) is 0. The van der Waals surface area contributed by atoms with Gasteiger partial charge in [0, 0.05) is 12.5 Å². The van der Waals surface area contributed by atoms with Gasteiger partial charge >= 0.3 is 6.03 Å². The predicted molar refractivity (Wildman–Crippen MR) is 72.9 cm³/mol. The molecule has 0 atom stereocenters. The summed E-state index contributed by atoms with van der Waals surface area (Å²) in [5.41, 5.74) is 0. The molecular formula is C12H20N4OS. The Hall–Kier alpha value is -1.17. The normalized spacial score (nSPS) is 16.2. The van der Waals surface area contributed by atoms with Crippen molar-refractivity contribution in [2.45, 2.75) is 52.0 Å². The number of hydrogen-bond acceptors (Lipinski definition) is 4. The van der Waals surface area contributed by atoms with E-state index >= 15 is 0 Å². The first-order valence-electron chi connectivity index (χ1n) is 6.53. The fraction of sp³-hybridized carbons (Fsp3) is 0.750. The Morgan fingerprint density at radius 1 is 1.39 bits per heavy atom. The number of carbonyl (C=O) groups is 1. The average molecular weight is 268 g/mol. The SMILES string of the molecule is CC(C)NC(=O)Nc1nnc(CC2CCCC2)s1. The van der Waals surface area contributed by atoms with E-state index in [1.807, 2.05) is 13.8 Å². The molecule has 0 spiro atoms. The van der Waals surface area contributed by atoms with Crippen LogP contribution in [-0.4, -0.2) is 22.3 Å². The molecule has 1 aromatic rings. The third kappa shape index (κ3) is 3.94. The molecule has 5 nitrogen and oxygen atoms in total. The lowest BCUT2D eigenvalue weighted by molar-refractivity contribution is 0.250. The molecule has 2 amide bonds. The summed E-state index contributed by atoms with van der Waals surface area (Å²) in [6.07, 6.45) is 6.29. The Balaban J connectivity index is 1.83. The van der Waals surface area contributed by atoms with Crippen molar-refractivity contribution in [1.29, 1.82) is 0 Å². The molecule has 0 aromatic carbocycles. The van der Waals surface area contributed by atoms with Crippen LogP contribution in [0.1, 0.15) is 44.5 Å². The zero-order valence-electron chi connectivity index (χ0n) is 10.9. The second-order valence-corrected chi connectivity index (χ2v) is 6.17. The highest BCUT2D eigenvalue weighted by Gasteiger charge is 2.18. The summed E-state index contributed by atoms with van der Waals surface area (Å²) in [6, 6.07) is -0.0931. The van der Waals surface area contributed by atoms with E-state index in [0.29, 0.717) is 5.13 Å². The molecule has 1 aliphatic rings. The Morgan fingerprint density at radius 3 is 2.78 bits per heavy atom. The molecule has 18 heavy (non-hydrogen) atoms. The third-order valence-electron chi connectivity index (χ3n) is 3.05. The van der Waals surface area contributed by atoms with Crippen molar-refractivity contribution in [1.82, 2.24) is 15.5 Å². The van der Waals surface area contributed by atoms with Crippen molar-refractivity contribution < 1.29 is 4.79 Å². The monoisotopic (exact) mass is 268 g/mol. The summed E-state index contributed by atoms with van der Waals surface area (Å²) in [5.74, 6) is 0.760. The first-order chi connectivity index (χ1) is 8.63. The number of aromatic nitrogens is 2. The summed E-state index contributed by atoms with van der Waals surface area (Å²) in [4.78, 5) is 11.5. The van der Waals surface area contributed by atoms with Crippen LogP contribution in [0.2, 0.25) is 0 Å². The van der Waals surface area contributed by atoms with Gasteiger partial charge in [-0.05, 0) is 19.8 Å². The lowest BCUT2D eigenvalue weighted by Crippen LogP contribution is -2.34. The molecule has 1 heterocycles. The highest BCUT2D eigenvalue weighted by Crippen LogP contribution is 2.29. The fourth-order valence-electron chi connectivity index (χ4n) is 2.24. The first kappa shape index (κ1) is 13.3. The molecule has 0 saturated heterocycles. The van der Waals surface area contributed by atoms with Gasteiger partial charge in [0.25, 0.3) is 0 Å². The highest BCUT2D eigenvalue weighted by atomic mass is 32.1. The number of carbonyl (C=O) groups excluding carboxylic acids is 1. The van der Waals surface area contributed by atoms with Gasteiger partial charge < -0.3 is 5.32 Å². The number of anilines is 1. The maximum absolute atomic E-state index is 11.5. The van der Waals surface area contributed by atoms with E-state index in [9.17, 15) is 4.79 Å². The largest absolute Gasteiger partial charge is 0.336 e. The van der Waals surface area contributed by atoms with Crippen molar-refractivity contribution in [2.75, 3.05) is 5.32 Å². The lowest BCUT2D eigenvalue weighted by Gasteiger charge is -2.07. The van der Waals surface area contributed by atoms with Crippen molar-refractivity contribution in [3.8, 4) is 0 Å². The molecule has 2 N–H and O–H groups in total. The molecule has 0 aliphatic heterocycles. The van der Waals surface area contributed by atoms with Crippen LogP contribution in [0, 0.1) is 5.92 Å². The molecule has 100 valence electrons. The minimum atomic E-state index is -0.214. The van der Waals surface area contributed by atoms with Crippen LogP contribution < -0.4 is 10.6 Å². The Morgan fingerprint density at radius 2 is 2.11 bits per heavy atom. The molecule has 0 unspecified atom stereocenters. The number of hydrogen-bond donors (Lipinski definition) is 2. The van der Waals surface area contributed by atoms with Crippen LogP contribution in [0.5, 0.6) is 0 Å². The summed E-state index contributed by atoms with van der Waals surface area (Å²) < 4.78 is 0. The minimum absolute atomic E-state index is 0.121. The number of urea groups is 1. The third-order valence-corrected chi connectivity index (χ3v) is 3.91. The zero-order valence-corrected chi connectivity index (χ0v) is 11.7. The van der Waals surface area contributed by atoms with Gasteiger partial charge in [-0.1, -0.05) is 37.0 Å². The quantitative estimate of drug-likeness (QED) is 0.882. The first-order valence-corrected chi connectivity index (χ1v) is 7.35. The summed E-state index contributed by atoms with van der Waals surface area (Å²) in [5, 5.41) is 15.2. The van der Waals surface area contributed by atoms with Gasteiger partial charge in [-0.3, -0.25) is 5.32 Å². The fourth-order valence-corrected chi connectivity index (χ4v) is 3.09. The topological polar surface area (TPSA) is 66.9 Å². The van der Waals surface area contributed by atoms with Gasteiger partial charge in [0.05, 0.1) is 0 Å². The van der Waals surface area contributed by atoms with Crippen LogP contribution in [0.4, 0.5) is 9.93 Å². The van der Waals surface area contributed by atoms with Crippen molar-refractivity contribution >= 4 is 22.5 Å². The smallest absolute Gasteiger partial charge is 0.321 e. The van der Waals surface area contributed by atoms with Crippen molar-refractivity contribution in [3.05, 3.63) is 5.01 Å². The molecular weight excluding hydrogens is 248 g/mol. The van der Waals surface area contributed by atoms with Gasteiger partial charge in [-0.15, -0.1) is 10.2 Å². The van der Waals surface area contributed by atoms with Crippen LogP contribution in [-0.2, 0) is 6.42 Å². The lowest BCUT2D eigenvalue weighted by atomic mass is 10.1. The van der Waals surface area contributed by atoms with E-state index in [1.54, 1.807) is 0 Å². The molecule has 6 heteroatoms. The van der Waals surface area contributed by atoms with Crippen LogP contribution in [0.25, 0.3) is 0 Å². The highest BCUT2D eigenvalue weighted by molar-refractivity contribution is 7.15. The Bertz CT molecular complexity index is 399. The molecule has 2 rings (SSSR count). The summed E-state index contributed by atoms with van der Waals surface area (Å²) >= 11 is 1.48. The predicted octanol–water partition coefficient (Wildman–Crippen LogP) is 2.80. The van der Waals surface area contributed by atoms with Gasteiger partial charge in [0.2, 0.25) is 5.13 Å². The maximum atomic E-state index is 11.5. The zero-order chi connectivity index (χ0) is 13.0. The molecule has 0 bridgehead atoms. The van der Waals surface area contributed by atoms with Gasteiger partial charge in [0.1, 0.15) is 5.01 Å². The van der Waals surface area contributed by atoms with E-state index in [-0.39, 0.29) is 12.1 Å². The molecule has 1 aromatic heterocycles. The number of rotatable bonds is 4. The molecule has 1 aliphatic carbocycles. The maximum Gasteiger partial charge on any atom is 0.321 e. The Kier molecular flexibility index (Phi) is 4.52. The minimum Gasteiger partial charge on any atom is -0.336 e. The Labute approximate surface area is 111 Å². The summed E-state index contributed by atoms with van der Waals surface area (Å²) in [6.45, 7) is 3.84. The van der Waals surface area contributed by atoms with Crippen LogP contribution >= 0.6 is 11.3 Å². The van der Waals surface area contributed by atoms with E-state index in [0.717, 1.165) is 17.3 Å². The number of amides is 2. The van der Waals surface area contributed by atoms with E-state index in [2.05, 4.69) is 20.8 Å². The standard InChI is InChI=1S/C12H20N4OS/c1-8(2)13-11(17)14-12-16-15-10(18-12)7-9-5-3-4-6-9/h8-9H,3-7H2,1-2H3,(H2,13,14,16,17). The number of nitrogens with zero attached hydrogens (tertiary/aromatic N) is 2. The number of nitrogens with one attached hydrogen (secondary N) is 2. The van der Waals surface area contributed by atoms with Crippen molar-refractivity contribution in [3.63, 3.8) is 0 Å². The van der Waals surface area contributed by atoms with Gasteiger partial charge in [-0.25, -0.2) is 4.79 Å². The average Bonchev–Trinajstić information content (AvgIpc) is 2.89. The van der Waals surface area contributed by atoms with E-state index < -0.39 is 0 Å². The van der Waals surface area contributed by atoms with E-state index in [4.69, 9.17) is 0 Å². The van der Waals surface area contributed by atoms with Crippen LogP contribution in [0.3, 0.4) is 0 Å². The molecule has 1 fully saturated rings. The molecule has 0 radical (unpaired) electrons.